The Morgan fingerprint density at radius 3 is 2.65 bits per heavy atom. The second-order valence-corrected chi connectivity index (χ2v) is 2.95. The van der Waals surface area contributed by atoms with E-state index in [4.69, 9.17) is 0 Å². The van der Waals surface area contributed by atoms with Crippen LogP contribution in [-0.2, 0) is 10.9 Å². The molecule has 0 aliphatic heterocycles. The summed E-state index contributed by atoms with van der Waals surface area (Å²) >= 11 is 0. The molecule has 0 fully saturated rings. The first-order chi connectivity index (χ1) is 7.95. The van der Waals surface area contributed by atoms with Crippen LogP contribution in [0.2, 0.25) is 0 Å². The normalized spacial score (nSPS) is 11.5. The highest BCUT2D eigenvalue weighted by molar-refractivity contribution is 5.83. The number of carbonyl (C=O) groups excluding carboxylic acids is 1. The molecule has 1 aromatic carbocycles. The summed E-state index contributed by atoms with van der Waals surface area (Å²) in [5.74, 6) is 0. The molecule has 0 aliphatic carbocycles. The Morgan fingerprint density at radius 2 is 2.06 bits per heavy atom. The molecular formula is C10H9F3N2O2. The lowest BCUT2D eigenvalue weighted by Gasteiger charge is -2.08. The zero-order valence-corrected chi connectivity index (χ0v) is 8.78. The van der Waals surface area contributed by atoms with Gasteiger partial charge in [-0.25, -0.2) is 10.2 Å². The number of rotatable bonds is 2. The Balaban J connectivity index is 2.88. The minimum atomic E-state index is -4.46. The summed E-state index contributed by atoms with van der Waals surface area (Å²) in [4.78, 5) is 10.6. The zero-order chi connectivity index (χ0) is 12.9. The van der Waals surface area contributed by atoms with Crippen LogP contribution in [0.25, 0.3) is 0 Å². The molecule has 0 heterocycles. The lowest BCUT2D eigenvalue weighted by molar-refractivity contribution is -0.137. The predicted octanol–water partition coefficient (Wildman–Crippen LogP) is 2.40. The van der Waals surface area contributed by atoms with Crippen molar-refractivity contribution in [3.63, 3.8) is 0 Å². The number of alkyl halides is 3. The molecule has 1 amide bonds. The van der Waals surface area contributed by atoms with Crippen molar-refractivity contribution < 1.29 is 22.7 Å². The van der Waals surface area contributed by atoms with E-state index in [9.17, 15) is 18.0 Å². The molecule has 0 bridgehead atoms. The van der Waals surface area contributed by atoms with Crippen molar-refractivity contribution in [1.29, 1.82) is 0 Å². The van der Waals surface area contributed by atoms with E-state index in [-0.39, 0.29) is 5.56 Å². The monoisotopic (exact) mass is 246 g/mol. The molecule has 1 rings (SSSR count). The minimum Gasteiger partial charge on any atom is -0.452 e. The third kappa shape index (κ3) is 3.78. The molecule has 0 unspecified atom stereocenters. The Morgan fingerprint density at radius 1 is 1.41 bits per heavy atom. The quantitative estimate of drug-likeness (QED) is 0.643. The van der Waals surface area contributed by atoms with Gasteiger partial charge in [0.2, 0.25) is 0 Å². The van der Waals surface area contributed by atoms with Gasteiger partial charge in [0.1, 0.15) is 0 Å². The number of benzene rings is 1. The molecule has 1 N–H and O–H groups in total. The number of ether oxygens (including phenoxy) is 1. The molecule has 17 heavy (non-hydrogen) atoms. The van der Waals surface area contributed by atoms with Gasteiger partial charge in [0.25, 0.3) is 0 Å². The molecule has 0 saturated carbocycles. The summed E-state index contributed by atoms with van der Waals surface area (Å²) in [5, 5.41) is 3.34. The molecule has 1 aromatic rings. The number of carbonyl (C=O) groups is 1. The number of nitrogens with zero attached hydrogens (tertiary/aromatic N) is 1. The van der Waals surface area contributed by atoms with Crippen LogP contribution in [0.1, 0.15) is 11.1 Å². The van der Waals surface area contributed by atoms with Gasteiger partial charge in [-0.15, -0.1) is 0 Å². The number of amides is 1. The van der Waals surface area contributed by atoms with E-state index in [1.54, 1.807) is 0 Å². The van der Waals surface area contributed by atoms with E-state index in [0.29, 0.717) is 0 Å². The molecular weight excluding hydrogens is 237 g/mol. The van der Waals surface area contributed by atoms with E-state index >= 15 is 0 Å². The fourth-order valence-electron chi connectivity index (χ4n) is 1.07. The van der Waals surface area contributed by atoms with Gasteiger partial charge in [0.05, 0.1) is 18.9 Å². The standard InChI is InChI=1S/C10H9F3N2O2/c1-17-9(16)15-14-6-7-4-2-3-5-8(7)10(11,12)13/h2-6H,1H3,(H,15,16)/b14-6+. The average molecular weight is 246 g/mol. The number of hydrogen-bond donors (Lipinski definition) is 1. The highest BCUT2D eigenvalue weighted by Gasteiger charge is 2.32. The van der Waals surface area contributed by atoms with Crippen LogP contribution in [0.5, 0.6) is 0 Å². The molecule has 0 atom stereocenters. The maximum absolute atomic E-state index is 12.5. The van der Waals surface area contributed by atoms with Crippen LogP contribution in [-0.4, -0.2) is 19.4 Å². The van der Waals surface area contributed by atoms with E-state index in [2.05, 4.69) is 9.84 Å². The smallest absolute Gasteiger partial charge is 0.427 e. The highest BCUT2D eigenvalue weighted by atomic mass is 19.4. The highest BCUT2D eigenvalue weighted by Crippen LogP contribution is 2.30. The number of hydrazone groups is 1. The number of halogens is 3. The van der Waals surface area contributed by atoms with Crippen molar-refractivity contribution in [3.05, 3.63) is 35.4 Å². The van der Waals surface area contributed by atoms with Gasteiger partial charge in [-0.3, -0.25) is 0 Å². The maximum Gasteiger partial charge on any atom is 0.427 e. The molecule has 7 heteroatoms. The lowest BCUT2D eigenvalue weighted by Crippen LogP contribution is -2.17. The summed E-state index contributed by atoms with van der Waals surface area (Å²) in [6.07, 6.45) is -4.42. The molecule has 0 spiro atoms. The van der Waals surface area contributed by atoms with Gasteiger partial charge in [-0.1, -0.05) is 18.2 Å². The summed E-state index contributed by atoms with van der Waals surface area (Å²) in [7, 11) is 1.12. The molecule has 0 radical (unpaired) electrons. The van der Waals surface area contributed by atoms with E-state index in [1.807, 2.05) is 5.43 Å². The minimum absolute atomic E-state index is 0.142. The van der Waals surface area contributed by atoms with Gasteiger partial charge in [-0.05, 0) is 6.07 Å². The van der Waals surface area contributed by atoms with Crippen LogP contribution in [0.3, 0.4) is 0 Å². The number of hydrogen-bond acceptors (Lipinski definition) is 3. The van der Waals surface area contributed by atoms with Gasteiger partial charge in [-0.2, -0.15) is 18.3 Å². The topological polar surface area (TPSA) is 50.7 Å². The average Bonchev–Trinajstić information content (AvgIpc) is 2.28. The van der Waals surface area contributed by atoms with Gasteiger partial charge < -0.3 is 4.74 Å². The molecule has 0 aliphatic rings. The van der Waals surface area contributed by atoms with Crippen LogP contribution in [0.4, 0.5) is 18.0 Å². The first kappa shape index (κ1) is 13.0. The van der Waals surface area contributed by atoms with Gasteiger partial charge in [0.15, 0.2) is 0 Å². The van der Waals surface area contributed by atoms with E-state index in [1.165, 1.54) is 18.2 Å². The zero-order valence-electron chi connectivity index (χ0n) is 8.78. The first-order valence-electron chi connectivity index (χ1n) is 4.48. The molecule has 92 valence electrons. The Kier molecular flexibility index (Phi) is 4.08. The molecule has 0 aromatic heterocycles. The third-order valence-corrected chi connectivity index (χ3v) is 1.81. The fourth-order valence-corrected chi connectivity index (χ4v) is 1.07. The molecule has 0 saturated heterocycles. The fraction of sp³-hybridized carbons (Fsp3) is 0.200. The van der Waals surface area contributed by atoms with E-state index in [0.717, 1.165) is 19.4 Å². The Labute approximate surface area is 95.1 Å². The summed E-state index contributed by atoms with van der Waals surface area (Å²) in [6.45, 7) is 0. The largest absolute Gasteiger partial charge is 0.452 e. The Bertz CT molecular complexity index is 430. The lowest BCUT2D eigenvalue weighted by atomic mass is 10.1. The number of methoxy groups -OCH3 is 1. The maximum atomic E-state index is 12.5. The van der Waals surface area contributed by atoms with Crippen LogP contribution >= 0.6 is 0 Å². The third-order valence-electron chi connectivity index (χ3n) is 1.81. The van der Waals surface area contributed by atoms with Crippen LogP contribution in [0.15, 0.2) is 29.4 Å². The van der Waals surface area contributed by atoms with Crippen molar-refractivity contribution in [2.24, 2.45) is 5.10 Å². The first-order valence-corrected chi connectivity index (χ1v) is 4.48. The Hall–Kier alpha value is -2.05. The summed E-state index contributed by atoms with van der Waals surface area (Å²) < 4.78 is 41.8. The second kappa shape index (κ2) is 5.33. The predicted molar refractivity (Wildman–Crippen MR) is 54.6 cm³/mol. The van der Waals surface area contributed by atoms with Gasteiger partial charge >= 0.3 is 12.3 Å². The van der Waals surface area contributed by atoms with Gasteiger partial charge in [0, 0.05) is 5.56 Å². The summed E-state index contributed by atoms with van der Waals surface area (Å²) in [5.41, 5.74) is 0.935. The van der Waals surface area contributed by atoms with Crippen molar-refractivity contribution in [2.75, 3.05) is 7.11 Å². The summed E-state index contributed by atoms with van der Waals surface area (Å²) in [6, 6.07) is 4.88. The van der Waals surface area contributed by atoms with Crippen molar-refractivity contribution in [3.8, 4) is 0 Å². The second-order valence-electron chi connectivity index (χ2n) is 2.95. The van der Waals surface area contributed by atoms with E-state index < -0.39 is 17.8 Å². The van der Waals surface area contributed by atoms with Crippen molar-refractivity contribution in [2.45, 2.75) is 6.18 Å². The van der Waals surface area contributed by atoms with Crippen molar-refractivity contribution in [1.82, 2.24) is 5.43 Å². The SMILES string of the molecule is COC(=O)N/N=C/c1ccccc1C(F)(F)F. The number of nitrogens with one attached hydrogen (secondary N) is 1. The van der Waals surface area contributed by atoms with Crippen LogP contribution in [0, 0.1) is 0 Å². The van der Waals surface area contributed by atoms with Crippen molar-refractivity contribution >= 4 is 12.3 Å². The van der Waals surface area contributed by atoms with Crippen LogP contribution < -0.4 is 5.43 Å². The molecule has 4 nitrogen and oxygen atoms in total.